The summed E-state index contributed by atoms with van der Waals surface area (Å²) in [7, 11) is 1.74. The molecule has 1 amide bonds. The Morgan fingerprint density at radius 3 is 2.74 bits per heavy atom. The van der Waals surface area contributed by atoms with E-state index in [-0.39, 0.29) is 17.9 Å². The number of aryl methyl sites for hydroxylation is 4. The van der Waals surface area contributed by atoms with Gasteiger partial charge in [-0.3, -0.25) is 19.4 Å². The van der Waals surface area contributed by atoms with Crippen LogP contribution in [0.25, 0.3) is 11.0 Å². The van der Waals surface area contributed by atoms with Gasteiger partial charge < -0.3 is 5.32 Å². The normalized spacial score (nSPS) is 11.1. The topological polar surface area (TPSA) is 92.7 Å². The molecule has 0 saturated carbocycles. The quantitative estimate of drug-likeness (QED) is 0.766. The molecule has 3 aromatic rings. The fourth-order valence-electron chi connectivity index (χ4n) is 2.66. The molecule has 3 rings (SSSR count). The van der Waals surface area contributed by atoms with E-state index in [0.717, 1.165) is 27.5 Å². The number of aromatic amines is 1. The number of thiazole rings is 1. The molecule has 0 aliphatic rings. The lowest BCUT2D eigenvalue weighted by molar-refractivity contribution is -0.115. The van der Waals surface area contributed by atoms with Crippen molar-refractivity contribution >= 4 is 33.3 Å². The smallest absolute Gasteiger partial charge is 0.273 e. The number of H-pyrrole nitrogens is 1. The van der Waals surface area contributed by atoms with E-state index in [9.17, 15) is 9.59 Å². The zero-order valence-electron chi connectivity index (χ0n) is 13.4. The highest BCUT2D eigenvalue weighted by Crippen LogP contribution is 2.22. The maximum absolute atomic E-state index is 12.3. The molecule has 0 atom stereocenters. The van der Waals surface area contributed by atoms with Crippen molar-refractivity contribution in [2.75, 3.05) is 5.32 Å². The number of anilines is 1. The van der Waals surface area contributed by atoms with Crippen LogP contribution in [0.15, 0.2) is 10.3 Å². The number of hydrogen-bond acceptors (Lipinski definition) is 5. The van der Waals surface area contributed by atoms with Gasteiger partial charge >= 0.3 is 0 Å². The molecule has 8 heteroatoms. The Balaban J connectivity index is 1.97. The molecule has 0 spiro atoms. The van der Waals surface area contributed by atoms with E-state index in [4.69, 9.17) is 0 Å². The molecule has 3 aromatic heterocycles. The lowest BCUT2D eigenvalue weighted by Crippen LogP contribution is -2.17. The fraction of sp³-hybridized carbons (Fsp3) is 0.333. The molecular weight excluding hydrogens is 314 g/mol. The van der Waals surface area contributed by atoms with Gasteiger partial charge in [0.15, 0.2) is 5.65 Å². The Hall–Kier alpha value is -2.48. The Morgan fingerprint density at radius 1 is 1.35 bits per heavy atom. The van der Waals surface area contributed by atoms with Gasteiger partial charge in [-0.15, -0.1) is 11.3 Å². The maximum Gasteiger partial charge on any atom is 0.273 e. The molecule has 120 valence electrons. The summed E-state index contributed by atoms with van der Waals surface area (Å²) in [4.78, 5) is 32.9. The first kappa shape index (κ1) is 15.4. The van der Waals surface area contributed by atoms with Crippen LogP contribution < -0.4 is 10.9 Å². The van der Waals surface area contributed by atoms with Crippen LogP contribution >= 0.6 is 11.3 Å². The number of pyridine rings is 1. The van der Waals surface area contributed by atoms with Crippen LogP contribution in [0.2, 0.25) is 0 Å². The van der Waals surface area contributed by atoms with Gasteiger partial charge in [-0.05, 0) is 31.9 Å². The average Bonchev–Trinajstić information content (AvgIpc) is 2.99. The van der Waals surface area contributed by atoms with Crippen molar-refractivity contribution in [1.29, 1.82) is 0 Å². The van der Waals surface area contributed by atoms with Gasteiger partial charge in [-0.25, -0.2) is 9.97 Å². The van der Waals surface area contributed by atoms with Crippen LogP contribution in [0.5, 0.6) is 0 Å². The van der Waals surface area contributed by atoms with Crippen LogP contribution in [0, 0.1) is 20.8 Å². The molecule has 0 fully saturated rings. The minimum atomic E-state index is -0.188. The first-order valence-corrected chi connectivity index (χ1v) is 8.01. The number of hydrogen-bond donors (Lipinski definition) is 2. The van der Waals surface area contributed by atoms with Crippen LogP contribution in [0.4, 0.5) is 5.00 Å². The molecular formula is C15H17N5O2S. The zero-order chi connectivity index (χ0) is 16.7. The van der Waals surface area contributed by atoms with Gasteiger partial charge in [0.1, 0.15) is 5.00 Å². The number of carbonyl (C=O) groups is 1. The molecule has 0 aliphatic heterocycles. The Morgan fingerprint density at radius 2 is 2.09 bits per heavy atom. The minimum Gasteiger partial charge on any atom is -0.316 e. The second-order valence-electron chi connectivity index (χ2n) is 5.49. The monoisotopic (exact) mass is 331 g/mol. The summed E-state index contributed by atoms with van der Waals surface area (Å²) in [5, 5.41) is 6.84. The van der Waals surface area contributed by atoms with Crippen molar-refractivity contribution < 1.29 is 4.79 Å². The molecule has 3 heterocycles. The number of carbonyl (C=O) groups excluding carboxylic acids is 1. The second kappa shape index (κ2) is 5.62. The molecule has 2 N–H and O–H groups in total. The van der Waals surface area contributed by atoms with Crippen LogP contribution in [-0.4, -0.2) is 25.7 Å². The van der Waals surface area contributed by atoms with Crippen molar-refractivity contribution in [1.82, 2.24) is 19.7 Å². The maximum atomic E-state index is 12.3. The molecule has 0 bridgehead atoms. The third kappa shape index (κ3) is 2.65. The van der Waals surface area contributed by atoms with Crippen molar-refractivity contribution in [2.45, 2.75) is 27.2 Å². The van der Waals surface area contributed by atoms with E-state index >= 15 is 0 Å². The third-order valence-electron chi connectivity index (χ3n) is 3.91. The third-order valence-corrected chi connectivity index (χ3v) is 4.76. The highest BCUT2D eigenvalue weighted by Gasteiger charge is 2.18. The average molecular weight is 331 g/mol. The highest BCUT2D eigenvalue weighted by atomic mass is 32.1. The van der Waals surface area contributed by atoms with E-state index in [1.54, 1.807) is 17.2 Å². The Kier molecular flexibility index (Phi) is 3.77. The molecule has 0 aromatic carbocycles. The molecule has 0 radical (unpaired) electrons. The predicted molar refractivity (Wildman–Crippen MR) is 90.0 cm³/mol. The van der Waals surface area contributed by atoms with Gasteiger partial charge in [0, 0.05) is 12.7 Å². The van der Waals surface area contributed by atoms with E-state index < -0.39 is 0 Å². The number of nitrogens with zero attached hydrogens (tertiary/aromatic N) is 3. The van der Waals surface area contributed by atoms with E-state index in [2.05, 4.69) is 20.4 Å². The van der Waals surface area contributed by atoms with E-state index in [1.165, 1.54) is 11.3 Å². The SMILES string of the molecule is Cc1ncsc1NC(=O)Cc1c(C)nc2c(c1C)c(=O)[nH]n2C. The molecule has 23 heavy (non-hydrogen) atoms. The Labute approximate surface area is 136 Å². The summed E-state index contributed by atoms with van der Waals surface area (Å²) >= 11 is 1.39. The van der Waals surface area contributed by atoms with E-state index in [1.807, 2.05) is 20.8 Å². The zero-order valence-corrected chi connectivity index (χ0v) is 14.2. The summed E-state index contributed by atoms with van der Waals surface area (Å²) in [6.07, 6.45) is 0.173. The number of amides is 1. The molecule has 7 nitrogen and oxygen atoms in total. The predicted octanol–water partition coefficient (Wildman–Crippen LogP) is 1.82. The van der Waals surface area contributed by atoms with Crippen molar-refractivity contribution in [2.24, 2.45) is 7.05 Å². The van der Waals surface area contributed by atoms with Gasteiger partial charge in [-0.1, -0.05) is 0 Å². The van der Waals surface area contributed by atoms with Crippen molar-refractivity contribution in [3.63, 3.8) is 0 Å². The van der Waals surface area contributed by atoms with Crippen molar-refractivity contribution in [3.8, 4) is 0 Å². The second-order valence-corrected chi connectivity index (χ2v) is 6.35. The molecule has 0 saturated heterocycles. The van der Waals surface area contributed by atoms with Gasteiger partial charge in [0.25, 0.3) is 5.56 Å². The lowest BCUT2D eigenvalue weighted by atomic mass is 10.0. The van der Waals surface area contributed by atoms with E-state index in [0.29, 0.717) is 11.0 Å². The standard InChI is InChI=1S/C15H17N5O2S/c1-7-10(5-11(21)18-15-9(3)16-6-23-15)8(2)17-13-12(7)14(22)19-20(13)4/h6H,5H2,1-4H3,(H,18,21)(H,19,22). The summed E-state index contributed by atoms with van der Waals surface area (Å²) in [6, 6.07) is 0. The largest absolute Gasteiger partial charge is 0.316 e. The fourth-order valence-corrected chi connectivity index (χ4v) is 3.37. The summed E-state index contributed by atoms with van der Waals surface area (Å²) in [5.41, 5.74) is 5.24. The molecule has 0 aliphatic carbocycles. The molecule has 0 unspecified atom stereocenters. The Bertz CT molecular complexity index is 966. The number of aromatic nitrogens is 4. The van der Waals surface area contributed by atoms with Gasteiger partial charge in [0.05, 0.1) is 23.0 Å². The van der Waals surface area contributed by atoms with Crippen LogP contribution in [-0.2, 0) is 18.3 Å². The lowest BCUT2D eigenvalue weighted by Gasteiger charge is -2.10. The van der Waals surface area contributed by atoms with Crippen molar-refractivity contribution in [3.05, 3.63) is 38.4 Å². The summed E-state index contributed by atoms with van der Waals surface area (Å²) in [6.45, 7) is 5.55. The van der Waals surface area contributed by atoms with Gasteiger partial charge in [-0.2, -0.15) is 0 Å². The first-order chi connectivity index (χ1) is 10.9. The number of fused-ring (bicyclic) bond motifs is 1. The van der Waals surface area contributed by atoms with Crippen LogP contribution in [0.3, 0.4) is 0 Å². The first-order valence-electron chi connectivity index (χ1n) is 7.13. The van der Waals surface area contributed by atoms with Gasteiger partial charge in [0.2, 0.25) is 5.91 Å². The van der Waals surface area contributed by atoms with Crippen LogP contribution in [0.1, 0.15) is 22.5 Å². The highest BCUT2D eigenvalue weighted by molar-refractivity contribution is 7.14. The summed E-state index contributed by atoms with van der Waals surface area (Å²) < 4.78 is 1.60. The summed E-state index contributed by atoms with van der Waals surface area (Å²) in [5.74, 6) is -0.142. The number of rotatable bonds is 3. The number of nitrogens with one attached hydrogen (secondary N) is 2. The minimum absolute atomic E-state index is 0.142.